The van der Waals surface area contributed by atoms with Gasteiger partial charge in [0.15, 0.2) is 0 Å². The molecule has 3 fully saturated rings. The summed E-state index contributed by atoms with van der Waals surface area (Å²) in [5, 5.41) is 0. The van der Waals surface area contributed by atoms with Crippen molar-refractivity contribution >= 4 is 5.97 Å². The van der Waals surface area contributed by atoms with Crippen LogP contribution in [0.15, 0.2) is 30.5 Å². The number of carbonyl (C=O) groups excluding carboxylic acids is 1. The number of aromatic amines is 1. The number of fused-ring (bicyclic) bond motifs is 3. The number of methoxy groups -OCH3 is 2. The van der Waals surface area contributed by atoms with E-state index in [0.29, 0.717) is 11.7 Å². The highest BCUT2D eigenvalue weighted by molar-refractivity contribution is 5.78. The van der Waals surface area contributed by atoms with Crippen molar-refractivity contribution < 1.29 is 14.3 Å². The molecule has 0 amide bonds. The lowest BCUT2D eigenvalue weighted by molar-refractivity contribution is -0.160. The number of hydrogen-bond acceptors (Lipinski definition) is 7. The number of esters is 1. The van der Waals surface area contributed by atoms with Gasteiger partial charge in [-0.05, 0) is 63.6 Å². The molecule has 8 heteroatoms. The molecule has 8 nitrogen and oxygen atoms in total. The van der Waals surface area contributed by atoms with Gasteiger partial charge in [-0.1, -0.05) is 6.07 Å². The van der Waals surface area contributed by atoms with E-state index in [-0.39, 0.29) is 16.8 Å². The second kappa shape index (κ2) is 7.69. The molecule has 3 saturated carbocycles. The Balaban J connectivity index is 1.59. The van der Waals surface area contributed by atoms with Crippen LogP contribution in [0.5, 0.6) is 6.01 Å². The minimum Gasteiger partial charge on any atom is -0.469 e. The second-order valence-corrected chi connectivity index (χ2v) is 8.95. The smallest absolute Gasteiger partial charge is 0.316 e. The number of H-pyrrole nitrogens is 1. The maximum atomic E-state index is 12.4. The summed E-state index contributed by atoms with van der Waals surface area (Å²) in [5.41, 5.74) is 3.61. The van der Waals surface area contributed by atoms with E-state index in [0.717, 1.165) is 67.1 Å². The summed E-state index contributed by atoms with van der Waals surface area (Å²) in [6, 6.07) is 8.08. The molecule has 0 saturated heterocycles. The first-order valence-corrected chi connectivity index (χ1v) is 11.0. The minimum absolute atomic E-state index is 0.0661. The zero-order valence-corrected chi connectivity index (χ0v) is 18.6. The SMILES string of the molecule is COC(=O)C12CCC(c3nc(-c4cccc(C)n4)c(-c4ccnc(OC)n4)[nH]3)(CC1)CC2. The van der Waals surface area contributed by atoms with E-state index < -0.39 is 0 Å². The summed E-state index contributed by atoms with van der Waals surface area (Å²) in [7, 11) is 3.04. The first-order valence-electron chi connectivity index (χ1n) is 11.0. The van der Waals surface area contributed by atoms with E-state index in [9.17, 15) is 4.79 Å². The Morgan fingerprint density at radius 3 is 2.38 bits per heavy atom. The predicted molar refractivity (Wildman–Crippen MR) is 118 cm³/mol. The van der Waals surface area contributed by atoms with E-state index >= 15 is 0 Å². The van der Waals surface area contributed by atoms with E-state index in [1.807, 2.05) is 31.2 Å². The molecule has 32 heavy (non-hydrogen) atoms. The van der Waals surface area contributed by atoms with Gasteiger partial charge < -0.3 is 14.5 Å². The van der Waals surface area contributed by atoms with E-state index in [4.69, 9.17) is 19.4 Å². The first kappa shape index (κ1) is 20.6. The number of carbonyl (C=O) groups is 1. The maximum absolute atomic E-state index is 12.4. The molecule has 3 aliphatic carbocycles. The predicted octanol–water partition coefficient (Wildman–Crippen LogP) is 4.01. The molecule has 166 valence electrons. The van der Waals surface area contributed by atoms with Gasteiger partial charge >= 0.3 is 12.0 Å². The second-order valence-electron chi connectivity index (χ2n) is 8.95. The normalized spacial score (nSPS) is 24.3. The molecular formula is C24H27N5O3. The van der Waals surface area contributed by atoms with Crippen LogP contribution in [0, 0.1) is 12.3 Å². The molecule has 2 bridgehead atoms. The average molecular weight is 434 g/mol. The van der Waals surface area contributed by atoms with Gasteiger partial charge in [-0.25, -0.2) is 9.97 Å². The fourth-order valence-electron chi connectivity index (χ4n) is 5.31. The summed E-state index contributed by atoms with van der Waals surface area (Å²) in [6.07, 6.45) is 6.88. The van der Waals surface area contributed by atoms with Crippen LogP contribution in [0.3, 0.4) is 0 Å². The molecule has 6 rings (SSSR count). The Labute approximate surface area is 186 Å². The molecular weight excluding hydrogens is 406 g/mol. The minimum atomic E-state index is -0.327. The lowest BCUT2D eigenvalue weighted by atomic mass is 9.53. The largest absolute Gasteiger partial charge is 0.469 e. The van der Waals surface area contributed by atoms with E-state index in [1.165, 1.54) is 7.11 Å². The lowest BCUT2D eigenvalue weighted by Gasteiger charge is -2.50. The van der Waals surface area contributed by atoms with Crippen molar-refractivity contribution in [2.75, 3.05) is 14.2 Å². The highest BCUT2D eigenvalue weighted by Crippen LogP contribution is 2.58. The molecule has 3 aromatic heterocycles. The molecule has 1 N–H and O–H groups in total. The Bertz CT molecular complexity index is 1150. The van der Waals surface area contributed by atoms with Crippen LogP contribution in [0.4, 0.5) is 0 Å². The quantitative estimate of drug-likeness (QED) is 0.606. The van der Waals surface area contributed by atoms with Gasteiger partial charge in [0.25, 0.3) is 0 Å². The van der Waals surface area contributed by atoms with Crippen molar-refractivity contribution in [3.05, 3.63) is 42.0 Å². The number of aromatic nitrogens is 5. The van der Waals surface area contributed by atoms with Crippen molar-refractivity contribution in [3.63, 3.8) is 0 Å². The fourth-order valence-corrected chi connectivity index (χ4v) is 5.31. The number of hydrogen-bond donors (Lipinski definition) is 1. The van der Waals surface area contributed by atoms with Gasteiger partial charge in [0.2, 0.25) is 0 Å². The maximum Gasteiger partial charge on any atom is 0.316 e. The molecule has 0 spiro atoms. The topological polar surface area (TPSA) is 103 Å². The van der Waals surface area contributed by atoms with Gasteiger partial charge in [-0.2, -0.15) is 4.98 Å². The molecule has 0 radical (unpaired) electrons. The van der Waals surface area contributed by atoms with Crippen molar-refractivity contribution in [1.82, 2.24) is 24.9 Å². The van der Waals surface area contributed by atoms with Crippen LogP contribution in [-0.2, 0) is 14.9 Å². The monoisotopic (exact) mass is 433 g/mol. The summed E-state index contributed by atoms with van der Waals surface area (Å²) < 4.78 is 10.4. The molecule has 0 aromatic carbocycles. The van der Waals surface area contributed by atoms with Gasteiger partial charge in [-0.3, -0.25) is 9.78 Å². The summed E-state index contributed by atoms with van der Waals surface area (Å²) in [6.45, 7) is 1.97. The summed E-state index contributed by atoms with van der Waals surface area (Å²) in [5.74, 6) is 0.880. The number of imidazole rings is 1. The third-order valence-electron chi connectivity index (χ3n) is 7.27. The van der Waals surface area contributed by atoms with Crippen LogP contribution in [0.1, 0.15) is 50.0 Å². The molecule has 0 unspecified atom stereocenters. The first-order chi connectivity index (χ1) is 15.5. The average Bonchev–Trinajstić information content (AvgIpc) is 3.31. The van der Waals surface area contributed by atoms with Crippen molar-refractivity contribution in [1.29, 1.82) is 0 Å². The van der Waals surface area contributed by atoms with Crippen LogP contribution in [-0.4, -0.2) is 45.1 Å². The highest BCUT2D eigenvalue weighted by Gasteiger charge is 2.55. The number of rotatable bonds is 5. The van der Waals surface area contributed by atoms with Crippen molar-refractivity contribution in [3.8, 4) is 28.8 Å². The zero-order valence-electron chi connectivity index (χ0n) is 18.6. The summed E-state index contributed by atoms with van der Waals surface area (Å²) >= 11 is 0. The van der Waals surface area contributed by atoms with Crippen LogP contribution in [0.25, 0.3) is 22.8 Å². The molecule has 3 heterocycles. The standard InChI is InChI=1S/C24H27N5O3/c1-15-5-4-6-16(26-15)18-19(17-7-14-25-22(27-17)32-3)29-20(28-18)23-8-11-24(12-9-23,13-10-23)21(30)31-2/h4-7,14H,8-13H2,1-3H3,(H,28,29). The lowest BCUT2D eigenvalue weighted by Crippen LogP contribution is -2.48. The third-order valence-corrected chi connectivity index (χ3v) is 7.27. The van der Waals surface area contributed by atoms with Crippen LogP contribution in [0.2, 0.25) is 0 Å². The van der Waals surface area contributed by atoms with Gasteiger partial charge in [0, 0.05) is 17.3 Å². The number of aryl methyl sites for hydroxylation is 1. The number of pyridine rings is 1. The third kappa shape index (κ3) is 3.25. The fraction of sp³-hybridized carbons (Fsp3) is 0.458. The zero-order chi connectivity index (χ0) is 22.3. The van der Waals surface area contributed by atoms with Crippen LogP contribution >= 0.6 is 0 Å². The van der Waals surface area contributed by atoms with Crippen molar-refractivity contribution in [2.45, 2.75) is 50.9 Å². The van der Waals surface area contributed by atoms with Crippen LogP contribution < -0.4 is 4.74 Å². The number of nitrogens with one attached hydrogen (secondary N) is 1. The highest BCUT2D eigenvalue weighted by atomic mass is 16.5. The Morgan fingerprint density at radius 2 is 1.72 bits per heavy atom. The summed E-state index contributed by atoms with van der Waals surface area (Å²) in [4.78, 5) is 34.5. The Morgan fingerprint density at radius 1 is 0.969 bits per heavy atom. The Hall–Kier alpha value is -3.29. The van der Waals surface area contributed by atoms with E-state index in [1.54, 1.807) is 13.3 Å². The number of nitrogens with zero attached hydrogens (tertiary/aromatic N) is 4. The van der Waals surface area contributed by atoms with Gasteiger partial charge in [0.05, 0.1) is 36.7 Å². The molecule has 3 aromatic rings. The number of ether oxygens (including phenoxy) is 2. The molecule has 0 atom stereocenters. The van der Waals surface area contributed by atoms with E-state index in [2.05, 4.69) is 15.0 Å². The molecule has 3 aliphatic rings. The Kier molecular flexibility index (Phi) is 4.95. The van der Waals surface area contributed by atoms with Crippen molar-refractivity contribution in [2.24, 2.45) is 5.41 Å². The molecule has 0 aliphatic heterocycles. The van der Waals surface area contributed by atoms with Gasteiger partial charge in [-0.15, -0.1) is 0 Å². The van der Waals surface area contributed by atoms with Gasteiger partial charge in [0.1, 0.15) is 11.5 Å².